The van der Waals surface area contributed by atoms with Gasteiger partial charge in [-0.3, -0.25) is 4.79 Å². The molecule has 3 N–H and O–H groups in total. The molecule has 0 radical (unpaired) electrons. The maximum absolute atomic E-state index is 14.2. The summed E-state index contributed by atoms with van der Waals surface area (Å²) in [5.74, 6) is 2.05. The number of nitrogens with two attached hydrogens (primary N) is 1. The van der Waals surface area contributed by atoms with E-state index in [1.807, 2.05) is 29.2 Å². The van der Waals surface area contributed by atoms with Crippen molar-refractivity contribution in [1.82, 2.24) is 10.1 Å². The summed E-state index contributed by atoms with van der Waals surface area (Å²) in [4.78, 5) is 20.4. The molecular weight excluding hydrogens is 473 g/mol. The van der Waals surface area contributed by atoms with E-state index in [4.69, 9.17) is 10.3 Å². The molecular formula is C28H34FN5O3. The van der Waals surface area contributed by atoms with Crippen molar-refractivity contribution in [2.24, 2.45) is 27.1 Å². The Bertz CT molecular complexity index is 1240. The van der Waals surface area contributed by atoms with Crippen molar-refractivity contribution in [1.29, 1.82) is 0 Å². The van der Waals surface area contributed by atoms with Crippen molar-refractivity contribution in [2.75, 3.05) is 11.4 Å². The Morgan fingerprint density at radius 1 is 1.14 bits per heavy atom. The van der Waals surface area contributed by atoms with E-state index in [2.05, 4.69) is 15.3 Å². The number of carbonyl (C=O) groups is 1. The number of rotatable bonds is 8. The minimum absolute atomic E-state index is 0.00643. The van der Waals surface area contributed by atoms with E-state index in [1.54, 1.807) is 0 Å². The van der Waals surface area contributed by atoms with Gasteiger partial charge in [-0.2, -0.15) is 4.98 Å². The molecule has 7 aliphatic rings. The van der Waals surface area contributed by atoms with Crippen LogP contribution in [0.2, 0.25) is 0 Å². The fourth-order valence-corrected chi connectivity index (χ4v) is 7.78. The van der Waals surface area contributed by atoms with Crippen molar-refractivity contribution >= 4 is 17.4 Å². The highest BCUT2D eigenvalue weighted by atomic mass is 19.1. The SMILES string of the molecule is N/C(=N/O)C12CCC(CN(C(=O)CC34CC(F)(C3)C4)c3cccc(-c4nc(C5CC5)no4)c3)(CC1)CC2. The van der Waals surface area contributed by atoms with E-state index in [0.29, 0.717) is 49.9 Å². The molecule has 8 nitrogen and oxygen atoms in total. The molecule has 0 aliphatic heterocycles. The Labute approximate surface area is 215 Å². The quantitative estimate of drug-likeness (QED) is 0.216. The number of hydrogen-bond donors (Lipinski definition) is 2. The summed E-state index contributed by atoms with van der Waals surface area (Å²) in [7, 11) is 0. The Kier molecular flexibility index (Phi) is 4.87. The molecule has 0 spiro atoms. The van der Waals surface area contributed by atoms with Gasteiger partial charge < -0.3 is 20.4 Å². The number of carbonyl (C=O) groups excluding carboxylic acids is 1. The lowest BCUT2D eigenvalue weighted by molar-refractivity contribution is -0.215. The largest absolute Gasteiger partial charge is 0.409 e. The van der Waals surface area contributed by atoms with Crippen LogP contribution in [0.15, 0.2) is 33.9 Å². The first kappa shape index (κ1) is 23.2. The van der Waals surface area contributed by atoms with Crippen molar-refractivity contribution in [3.8, 4) is 11.5 Å². The number of amidine groups is 1. The van der Waals surface area contributed by atoms with Gasteiger partial charge in [-0.15, -0.1) is 0 Å². The Hall–Kier alpha value is -2.97. The molecule has 7 aliphatic carbocycles. The van der Waals surface area contributed by atoms with Gasteiger partial charge in [0.1, 0.15) is 11.5 Å². The van der Waals surface area contributed by atoms with E-state index in [9.17, 15) is 14.4 Å². The van der Waals surface area contributed by atoms with Crippen LogP contribution in [0, 0.1) is 16.2 Å². The number of oxime groups is 1. The van der Waals surface area contributed by atoms with Crippen molar-refractivity contribution in [3.05, 3.63) is 30.1 Å². The van der Waals surface area contributed by atoms with Crippen LogP contribution < -0.4 is 10.6 Å². The molecule has 0 unspecified atom stereocenters. The number of aromatic nitrogens is 2. The van der Waals surface area contributed by atoms with E-state index in [1.165, 1.54) is 0 Å². The minimum Gasteiger partial charge on any atom is -0.409 e. The highest BCUT2D eigenvalue weighted by molar-refractivity contribution is 5.95. The molecule has 196 valence electrons. The van der Waals surface area contributed by atoms with Crippen LogP contribution >= 0.6 is 0 Å². The van der Waals surface area contributed by atoms with Gasteiger partial charge in [0.2, 0.25) is 5.91 Å². The van der Waals surface area contributed by atoms with Crippen LogP contribution in [0.4, 0.5) is 10.1 Å². The van der Waals surface area contributed by atoms with Crippen LogP contribution in [0.1, 0.15) is 88.8 Å². The third-order valence-electron chi connectivity index (χ3n) is 10.2. The molecule has 1 amide bonds. The van der Waals surface area contributed by atoms with Crippen molar-refractivity contribution < 1.29 is 18.9 Å². The smallest absolute Gasteiger partial charge is 0.258 e. The zero-order valence-corrected chi connectivity index (χ0v) is 21.1. The number of benzene rings is 1. The second kappa shape index (κ2) is 7.77. The molecule has 0 atom stereocenters. The Morgan fingerprint density at radius 3 is 2.46 bits per heavy atom. The summed E-state index contributed by atoms with van der Waals surface area (Å²) in [6.45, 7) is 0.621. The number of amides is 1. The minimum atomic E-state index is -1.02. The molecule has 9 heteroatoms. The lowest BCUT2D eigenvalue weighted by Gasteiger charge is -2.66. The molecule has 7 fully saturated rings. The van der Waals surface area contributed by atoms with Gasteiger partial charge in [-0.25, -0.2) is 4.39 Å². The molecule has 0 saturated heterocycles. The van der Waals surface area contributed by atoms with Gasteiger partial charge in [0.15, 0.2) is 5.82 Å². The monoisotopic (exact) mass is 507 g/mol. The fraction of sp³-hybridized carbons (Fsp3) is 0.643. The normalized spacial score (nSPS) is 36.1. The highest BCUT2D eigenvalue weighted by Gasteiger charge is 2.69. The standard InChI is InChI=1S/C28H34FN5O3/c29-28-14-26(15-28,16-28)13-21(35)34(17-25-6-9-27(10-7-25,11-8-25)24(30)32-36)20-3-1-2-19(12-20)23-31-22(33-37-23)18-4-5-18/h1-3,12,18,36H,4-11,13-17H2,(H2,30,32). The number of fused-ring (bicyclic) bond motifs is 3. The lowest BCUT2D eigenvalue weighted by Crippen LogP contribution is -2.65. The van der Waals surface area contributed by atoms with E-state index >= 15 is 0 Å². The average molecular weight is 508 g/mol. The highest BCUT2D eigenvalue weighted by Crippen LogP contribution is 2.71. The van der Waals surface area contributed by atoms with Gasteiger partial charge in [0.05, 0.1) is 0 Å². The van der Waals surface area contributed by atoms with Crippen molar-refractivity contribution in [2.45, 2.75) is 88.6 Å². The number of anilines is 1. The fourth-order valence-electron chi connectivity index (χ4n) is 7.78. The summed E-state index contributed by atoms with van der Waals surface area (Å²) in [5, 5.41) is 16.8. The summed E-state index contributed by atoms with van der Waals surface area (Å²) < 4.78 is 19.8. The van der Waals surface area contributed by atoms with Crippen LogP contribution in [-0.2, 0) is 4.79 Å². The van der Waals surface area contributed by atoms with Crippen molar-refractivity contribution in [3.63, 3.8) is 0 Å². The molecule has 1 aromatic carbocycles. The van der Waals surface area contributed by atoms with E-state index in [-0.39, 0.29) is 22.2 Å². The number of halogens is 1. The topological polar surface area (TPSA) is 118 Å². The predicted molar refractivity (Wildman–Crippen MR) is 135 cm³/mol. The van der Waals surface area contributed by atoms with E-state index < -0.39 is 5.67 Å². The summed E-state index contributed by atoms with van der Waals surface area (Å²) in [5.41, 5.74) is 6.31. The zero-order chi connectivity index (χ0) is 25.5. The van der Waals surface area contributed by atoms with Gasteiger partial charge in [0.25, 0.3) is 5.89 Å². The molecule has 37 heavy (non-hydrogen) atoms. The third kappa shape index (κ3) is 3.76. The molecule has 9 rings (SSSR count). The van der Waals surface area contributed by atoms with Gasteiger partial charge in [-0.05, 0) is 99.7 Å². The Morgan fingerprint density at radius 2 is 1.84 bits per heavy atom. The van der Waals surface area contributed by atoms with Gasteiger partial charge >= 0.3 is 0 Å². The number of hydrogen-bond acceptors (Lipinski definition) is 6. The van der Waals surface area contributed by atoms with Crippen LogP contribution in [0.5, 0.6) is 0 Å². The van der Waals surface area contributed by atoms with Crippen LogP contribution in [0.25, 0.3) is 11.5 Å². The first-order valence-electron chi connectivity index (χ1n) is 13.7. The summed E-state index contributed by atoms with van der Waals surface area (Å²) in [6, 6.07) is 7.83. The lowest BCUT2D eigenvalue weighted by atomic mass is 9.41. The second-order valence-electron chi connectivity index (χ2n) is 12.9. The first-order valence-corrected chi connectivity index (χ1v) is 13.7. The number of alkyl halides is 1. The van der Waals surface area contributed by atoms with Crippen LogP contribution in [0.3, 0.4) is 0 Å². The maximum atomic E-state index is 14.2. The second-order valence-corrected chi connectivity index (χ2v) is 12.9. The molecule has 4 bridgehead atoms. The molecule has 2 aromatic rings. The zero-order valence-electron chi connectivity index (χ0n) is 21.1. The predicted octanol–water partition coefficient (Wildman–Crippen LogP) is 5.32. The maximum Gasteiger partial charge on any atom is 0.258 e. The number of nitrogens with zero attached hydrogens (tertiary/aromatic N) is 4. The average Bonchev–Trinajstić information content (AvgIpc) is 3.62. The van der Waals surface area contributed by atoms with Gasteiger partial charge in [-0.1, -0.05) is 16.4 Å². The van der Waals surface area contributed by atoms with E-state index in [0.717, 1.165) is 68.4 Å². The molecule has 1 heterocycles. The third-order valence-corrected chi connectivity index (χ3v) is 10.2. The molecule has 1 aromatic heterocycles. The summed E-state index contributed by atoms with van der Waals surface area (Å²) in [6.07, 6.45) is 9.52. The Balaban J connectivity index is 1.16. The first-order chi connectivity index (χ1) is 17.7. The molecule has 7 saturated carbocycles. The van der Waals surface area contributed by atoms with Gasteiger partial charge in [0, 0.05) is 35.5 Å². The van der Waals surface area contributed by atoms with Crippen LogP contribution in [-0.4, -0.2) is 39.3 Å². The summed E-state index contributed by atoms with van der Waals surface area (Å²) >= 11 is 0.